The predicted molar refractivity (Wildman–Crippen MR) is 112 cm³/mol. The molecule has 1 aromatic carbocycles. The molecule has 158 valence electrons. The van der Waals surface area contributed by atoms with Gasteiger partial charge >= 0.3 is 0 Å². The molecule has 0 spiro atoms. The first-order valence-electron chi connectivity index (χ1n) is 10.2. The molecule has 1 N–H and O–H groups in total. The van der Waals surface area contributed by atoms with Crippen molar-refractivity contribution in [2.75, 3.05) is 19.6 Å². The van der Waals surface area contributed by atoms with Crippen LogP contribution in [-0.2, 0) is 11.3 Å². The number of carbonyl (C=O) groups is 2. The van der Waals surface area contributed by atoms with E-state index >= 15 is 0 Å². The lowest BCUT2D eigenvalue weighted by Gasteiger charge is -2.17. The van der Waals surface area contributed by atoms with Gasteiger partial charge in [0.2, 0.25) is 5.91 Å². The van der Waals surface area contributed by atoms with E-state index in [1.54, 1.807) is 11.2 Å². The zero-order valence-corrected chi connectivity index (χ0v) is 17.3. The Kier molecular flexibility index (Phi) is 7.37. The topological polar surface area (TPSA) is 93.3 Å². The SMILES string of the molecule is CCN(CC)C(=O)Cn1cc(C(=O)NCC[C@H](c2ccccc2)c2ccco2)nn1. The first kappa shape index (κ1) is 21.3. The lowest BCUT2D eigenvalue weighted by atomic mass is 9.93. The number of nitrogens with one attached hydrogen (secondary N) is 1. The summed E-state index contributed by atoms with van der Waals surface area (Å²) in [6, 6.07) is 13.8. The van der Waals surface area contributed by atoms with Gasteiger partial charge in [-0.15, -0.1) is 5.10 Å². The molecule has 0 unspecified atom stereocenters. The Bertz CT molecular complexity index is 933. The molecule has 0 saturated heterocycles. The van der Waals surface area contributed by atoms with Gasteiger partial charge in [0.25, 0.3) is 5.91 Å². The standard InChI is InChI=1S/C22H27N5O3/c1-3-26(4-2)21(28)16-27-15-19(24-25-27)22(29)23-13-12-18(20-11-8-14-30-20)17-9-6-5-7-10-17/h5-11,14-15,18H,3-4,12-13,16H2,1-2H3,(H,23,29)/t18-/m1/s1. The molecular weight excluding hydrogens is 382 g/mol. The third-order valence-electron chi connectivity index (χ3n) is 4.99. The van der Waals surface area contributed by atoms with Crippen molar-refractivity contribution in [1.29, 1.82) is 0 Å². The second-order valence-electron chi connectivity index (χ2n) is 6.89. The van der Waals surface area contributed by atoms with E-state index in [4.69, 9.17) is 4.42 Å². The highest BCUT2D eigenvalue weighted by atomic mass is 16.3. The summed E-state index contributed by atoms with van der Waals surface area (Å²) in [5, 5.41) is 10.7. The molecule has 1 atom stereocenters. The molecule has 0 aliphatic heterocycles. The number of aromatic nitrogens is 3. The number of nitrogens with zero attached hydrogens (tertiary/aromatic N) is 4. The van der Waals surface area contributed by atoms with Crippen LogP contribution in [0.2, 0.25) is 0 Å². The summed E-state index contributed by atoms with van der Waals surface area (Å²) in [4.78, 5) is 26.3. The summed E-state index contributed by atoms with van der Waals surface area (Å²) in [5.41, 5.74) is 1.32. The Hall–Kier alpha value is -3.42. The van der Waals surface area contributed by atoms with E-state index in [0.29, 0.717) is 26.1 Å². The van der Waals surface area contributed by atoms with Gasteiger partial charge in [-0.1, -0.05) is 35.5 Å². The molecule has 0 radical (unpaired) electrons. The minimum absolute atomic E-state index is 0.0453. The van der Waals surface area contributed by atoms with Crippen molar-refractivity contribution in [2.24, 2.45) is 0 Å². The highest BCUT2D eigenvalue weighted by molar-refractivity contribution is 5.91. The molecule has 2 heterocycles. The number of furan rings is 1. The van der Waals surface area contributed by atoms with Gasteiger partial charge in [0, 0.05) is 25.6 Å². The van der Waals surface area contributed by atoms with E-state index in [9.17, 15) is 9.59 Å². The van der Waals surface area contributed by atoms with Gasteiger partial charge in [0.15, 0.2) is 5.69 Å². The van der Waals surface area contributed by atoms with E-state index in [1.807, 2.05) is 56.3 Å². The summed E-state index contributed by atoms with van der Waals surface area (Å²) in [6.45, 7) is 5.63. The second-order valence-corrected chi connectivity index (χ2v) is 6.89. The zero-order valence-electron chi connectivity index (χ0n) is 17.3. The fourth-order valence-corrected chi connectivity index (χ4v) is 3.36. The third-order valence-corrected chi connectivity index (χ3v) is 4.99. The number of amides is 2. The van der Waals surface area contributed by atoms with Crippen LogP contribution in [0.25, 0.3) is 0 Å². The number of rotatable bonds is 10. The van der Waals surface area contributed by atoms with Crippen LogP contribution in [0.1, 0.15) is 48.0 Å². The van der Waals surface area contributed by atoms with Crippen LogP contribution in [0, 0.1) is 0 Å². The van der Waals surface area contributed by atoms with Crippen molar-refractivity contribution in [1.82, 2.24) is 25.2 Å². The summed E-state index contributed by atoms with van der Waals surface area (Å²) >= 11 is 0. The predicted octanol–water partition coefficient (Wildman–Crippen LogP) is 2.69. The van der Waals surface area contributed by atoms with Crippen LogP contribution in [0.3, 0.4) is 0 Å². The number of benzene rings is 1. The Balaban J connectivity index is 1.56. The normalized spacial score (nSPS) is 11.8. The largest absolute Gasteiger partial charge is 0.469 e. The molecule has 3 aromatic rings. The smallest absolute Gasteiger partial charge is 0.273 e. The summed E-state index contributed by atoms with van der Waals surface area (Å²) in [6.07, 6.45) is 3.83. The van der Waals surface area contributed by atoms with E-state index < -0.39 is 0 Å². The van der Waals surface area contributed by atoms with Crippen LogP contribution in [-0.4, -0.2) is 51.3 Å². The fourth-order valence-electron chi connectivity index (χ4n) is 3.36. The van der Waals surface area contributed by atoms with Crippen LogP contribution in [0.4, 0.5) is 0 Å². The van der Waals surface area contributed by atoms with Gasteiger partial charge < -0.3 is 14.6 Å². The highest BCUT2D eigenvalue weighted by Crippen LogP contribution is 2.27. The quantitative estimate of drug-likeness (QED) is 0.556. The Morgan fingerprint density at radius 3 is 2.57 bits per heavy atom. The molecule has 2 amide bonds. The van der Waals surface area contributed by atoms with E-state index in [2.05, 4.69) is 15.6 Å². The molecule has 0 bridgehead atoms. The average molecular weight is 409 g/mol. The monoisotopic (exact) mass is 409 g/mol. The van der Waals surface area contributed by atoms with E-state index in [0.717, 1.165) is 11.3 Å². The van der Waals surface area contributed by atoms with Gasteiger partial charge in [-0.25, -0.2) is 4.68 Å². The summed E-state index contributed by atoms with van der Waals surface area (Å²) < 4.78 is 6.99. The Morgan fingerprint density at radius 2 is 1.90 bits per heavy atom. The van der Waals surface area contributed by atoms with Crippen molar-refractivity contribution in [3.8, 4) is 0 Å². The molecule has 0 fully saturated rings. The molecule has 0 aliphatic rings. The maximum atomic E-state index is 12.4. The highest BCUT2D eigenvalue weighted by Gasteiger charge is 2.18. The van der Waals surface area contributed by atoms with Crippen LogP contribution >= 0.6 is 0 Å². The molecule has 8 heteroatoms. The fraction of sp³-hybridized carbons (Fsp3) is 0.364. The number of hydrogen-bond donors (Lipinski definition) is 1. The van der Waals surface area contributed by atoms with Crippen molar-refractivity contribution in [3.05, 3.63) is 71.9 Å². The molecule has 0 aliphatic carbocycles. The van der Waals surface area contributed by atoms with Gasteiger partial charge in [0.1, 0.15) is 12.3 Å². The Labute approximate surface area is 175 Å². The van der Waals surface area contributed by atoms with Crippen LogP contribution in [0.5, 0.6) is 0 Å². The lowest BCUT2D eigenvalue weighted by molar-refractivity contribution is -0.131. The van der Waals surface area contributed by atoms with Crippen molar-refractivity contribution >= 4 is 11.8 Å². The maximum absolute atomic E-state index is 12.4. The number of hydrogen-bond acceptors (Lipinski definition) is 5. The first-order valence-corrected chi connectivity index (χ1v) is 10.2. The minimum atomic E-state index is -0.317. The van der Waals surface area contributed by atoms with E-state index in [1.165, 1.54) is 10.9 Å². The van der Waals surface area contributed by atoms with Crippen molar-refractivity contribution in [2.45, 2.75) is 32.7 Å². The van der Waals surface area contributed by atoms with Crippen molar-refractivity contribution in [3.63, 3.8) is 0 Å². The van der Waals surface area contributed by atoms with Gasteiger partial charge in [-0.2, -0.15) is 0 Å². The second kappa shape index (κ2) is 10.4. The van der Waals surface area contributed by atoms with Crippen LogP contribution in [0.15, 0.2) is 59.3 Å². The molecule has 30 heavy (non-hydrogen) atoms. The van der Waals surface area contributed by atoms with Gasteiger partial charge in [-0.05, 0) is 38.0 Å². The number of likely N-dealkylation sites (N-methyl/N-ethyl adjacent to an activating group) is 1. The lowest BCUT2D eigenvalue weighted by Crippen LogP contribution is -2.33. The summed E-state index contributed by atoms with van der Waals surface area (Å²) in [5.74, 6) is 0.531. The Morgan fingerprint density at radius 1 is 1.13 bits per heavy atom. The van der Waals surface area contributed by atoms with Crippen molar-refractivity contribution < 1.29 is 14.0 Å². The van der Waals surface area contributed by atoms with Gasteiger partial charge in [0.05, 0.1) is 12.5 Å². The molecule has 0 saturated carbocycles. The molecular formula is C22H27N5O3. The average Bonchev–Trinajstić information content (AvgIpc) is 3.45. The van der Waals surface area contributed by atoms with Crippen LogP contribution < -0.4 is 5.32 Å². The molecule has 8 nitrogen and oxygen atoms in total. The minimum Gasteiger partial charge on any atom is -0.469 e. The number of carbonyl (C=O) groups excluding carboxylic acids is 2. The molecule has 3 rings (SSSR count). The summed E-state index contributed by atoms with van der Waals surface area (Å²) in [7, 11) is 0. The van der Waals surface area contributed by atoms with Gasteiger partial charge in [-0.3, -0.25) is 9.59 Å². The molecule has 2 aromatic heterocycles. The first-order chi connectivity index (χ1) is 14.6. The van der Waals surface area contributed by atoms with E-state index in [-0.39, 0.29) is 30.0 Å². The maximum Gasteiger partial charge on any atom is 0.273 e. The third kappa shape index (κ3) is 5.34. The zero-order chi connectivity index (χ0) is 21.3.